The maximum absolute atomic E-state index is 13.0. The van der Waals surface area contributed by atoms with Crippen LogP contribution < -0.4 is 4.74 Å². The van der Waals surface area contributed by atoms with E-state index in [-0.39, 0.29) is 5.91 Å². The summed E-state index contributed by atoms with van der Waals surface area (Å²) in [6.07, 6.45) is 0. The minimum Gasteiger partial charge on any atom is -0.489 e. The largest absolute Gasteiger partial charge is 0.489 e. The van der Waals surface area contributed by atoms with Crippen LogP contribution in [0, 0.1) is 27.7 Å². The Balaban J connectivity index is 1.70. The first-order chi connectivity index (χ1) is 14.3. The van der Waals surface area contributed by atoms with E-state index >= 15 is 0 Å². The fourth-order valence-electron chi connectivity index (χ4n) is 3.72. The van der Waals surface area contributed by atoms with Gasteiger partial charge < -0.3 is 9.64 Å². The normalized spacial score (nSPS) is 10.9. The molecule has 0 bridgehead atoms. The molecule has 5 nitrogen and oxygen atoms in total. The van der Waals surface area contributed by atoms with Crippen molar-refractivity contribution in [3.8, 4) is 5.75 Å². The average molecular weight is 406 g/mol. The summed E-state index contributed by atoms with van der Waals surface area (Å²) in [7, 11) is 1.84. The molecule has 0 aliphatic heterocycles. The quantitative estimate of drug-likeness (QED) is 0.556. The highest BCUT2D eigenvalue weighted by Crippen LogP contribution is 2.21. The molecule has 0 unspecified atom stereocenters. The molecule has 2 aromatic carbocycles. The molecule has 0 atom stereocenters. The van der Waals surface area contributed by atoms with Crippen molar-refractivity contribution in [3.63, 3.8) is 0 Å². The van der Waals surface area contributed by atoms with Crippen molar-refractivity contribution >= 4 is 5.91 Å². The number of hydrogen-bond acceptors (Lipinski definition) is 3. The third-order valence-corrected chi connectivity index (χ3v) is 5.47. The first kappa shape index (κ1) is 21.6. The third kappa shape index (κ3) is 4.73. The summed E-state index contributed by atoms with van der Waals surface area (Å²) in [6.45, 7) is 12.0. The average Bonchev–Trinajstić information content (AvgIpc) is 3.00. The highest BCUT2D eigenvalue weighted by molar-refractivity contribution is 5.94. The fourth-order valence-corrected chi connectivity index (χ4v) is 3.72. The number of nitrogens with zero attached hydrogens (tertiary/aromatic N) is 3. The molecule has 5 heteroatoms. The summed E-state index contributed by atoms with van der Waals surface area (Å²) in [5, 5.41) is 4.56. The Labute approximate surface area is 179 Å². The van der Waals surface area contributed by atoms with Crippen LogP contribution in [0.2, 0.25) is 0 Å². The summed E-state index contributed by atoms with van der Waals surface area (Å²) in [4.78, 5) is 14.8. The zero-order valence-electron chi connectivity index (χ0n) is 18.8. The number of amides is 1. The van der Waals surface area contributed by atoms with E-state index in [0.29, 0.717) is 18.7 Å². The highest BCUT2D eigenvalue weighted by atomic mass is 16.5. The van der Waals surface area contributed by atoms with Crippen LogP contribution in [0.5, 0.6) is 5.75 Å². The van der Waals surface area contributed by atoms with E-state index in [1.807, 2.05) is 62.0 Å². The minimum absolute atomic E-state index is 0.00795. The molecule has 0 spiro atoms. The maximum atomic E-state index is 13.0. The first-order valence-electron chi connectivity index (χ1n) is 10.4. The molecule has 0 saturated heterocycles. The smallest absolute Gasteiger partial charge is 0.253 e. The minimum atomic E-state index is -0.00795. The molecule has 30 heavy (non-hydrogen) atoms. The number of ether oxygens (including phenoxy) is 1. The Morgan fingerprint density at radius 3 is 2.53 bits per heavy atom. The van der Waals surface area contributed by atoms with E-state index in [1.165, 1.54) is 5.56 Å². The van der Waals surface area contributed by atoms with Gasteiger partial charge in [0.25, 0.3) is 5.91 Å². The van der Waals surface area contributed by atoms with E-state index in [4.69, 9.17) is 4.74 Å². The van der Waals surface area contributed by atoms with E-state index < -0.39 is 0 Å². The van der Waals surface area contributed by atoms with Crippen molar-refractivity contribution < 1.29 is 9.53 Å². The molecule has 3 aromatic rings. The fraction of sp³-hybridized carbons (Fsp3) is 0.360. The van der Waals surface area contributed by atoms with Gasteiger partial charge in [-0.3, -0.25) is 9.48 Å². The van der Waals surface area contributed by atoms with Crippen molar-refractivity contribution in [2.45, 2.75) is 54.3 Å². The number of benzene rings is 2. The van der Waals surface area contributed by atoms with Gasteiger partial charge in [-0.25, -0.2) is 0 Å². The lowest BCUT2D eigenvalue weighted by Gasteiger charge is -2.18. The lowest BCUT2D eigenvalue weighted by atomic mass is 10.1. The Morgan fingerprint density at radius 2 is 1.87 bits per heavy atom. The second-order valence-electron chi connectivity index (χ2n) is 7.88. The highest BCUT2D eigenvalue weighted by Gasteiger charge is 2.17. The number of carbonyl (C=O) groups excluding carboxylic acids is 1. The van der Waals surface area contributed by atoms with Crippen molar-refractivity contribution in [1.82, 2.24) is 14.7 Å². The van der Waals surface area contributed by atoms with E-state index in [9.17, 15) is 4.79 Å². The van der Waals surface area contributed by atoms with Gasteiger partial charge >= 0.3 is 0 Å². The molecule has 1 aromatic heterocycles. The molecule has 0 aliphatic carbocycles. The summed E-state index contributed by atoms with van der Waals surface area (Å²) in [5.74, 6) is 0.861. The topological polar surface area (TPSA) is 47.4 Å². The SMILES string of the molecule is CCn1nc(C)c(CN(C)C(=O)c2cccc(COc3ccc(C)cc3C)c2)c1C. The molecular formula is C25H31N3O2. The lowest BCUT2D eigenvalue weighted by molar-refractivity contribution is 0.0784. The monoisotopic (exact) mass is 405 g/mol. The van der Waals surface area contributed by atoms with Crippen molar-refractivity contribution in [3.05, 3.63) is 81.7 Å². The Morgan fingerprint density at radius 1 is 1.10 bits per heavy atom. The standard InChI is InChI=1S/C25H31N3O2/c1-7-28-20(5)23(19(4)26-28)15-27(6)25(29)22-10-8-9-21(14-22)16-30-24-12-11-17(2)13-18(24)3/h8-14H,7,15-16H2,1-6H3. The second-order valence-corrected chi connectivity index (χ2v) is 7.88. The van der Waals surface area contributed by atoms with Gasteiger partial charge in [0, 0.05) is 37.0 Å². The zero-order chi connectivity index (χ0) is 21.8. The van der Waals surface area contributed by atoms with E-state index in [2.05, 4.69) is 31.9 Å². The molecule has 0 saturated carbocycles. The number of hydrogen-bond donors (Lipinski definition) is 0. The molecule has 3 rings (SSSR count). The Hall–Kier alpha value is -3.08. The van der Waals surface area contributed by atoms with Gasteiger partial charge in [0.05, 0.1) is 5.69 Å². The summed E-state index contributed by atoms with van der Waals surface area (Å²) < 4.78 is 7.96. The van der Waals surface area contributed by atoms with E-state index in [1.54, 1.807) is 4.90 Å². The van der Waals surface area contributed by atoms with Crippen LogP contribution in [-0.4, -0.2) is 27.6 Å². The van der Waals surface area contributed by atoms with Crippen molar-refractivity contribution in [2.75, 3.05) is 7.05 Å². The Bertz CT molecular complexity index is 1050. The van der Waals surface area contributed by atoms with Crippen LogP contribution in [0.1, 0.15) is 50.9 Å². The maximum Gasteiger partial charge on any atom is 0.253 e. The molecule has 0 aliphatic rings. The van der Waals surface area contributed by atoms with Gasteiger partial charge in [0.2, 0.25) is 0 Å². The third-order valence-electron chi connectivity index (χ3n) is 5.47. The predicted molar refractivity (Wildman–Crippen MR) is 120 cm³/mol. The van der Waals surface area contributed by atoms with Crippen LogP contribution in [0.25, 0.3) is 0 Å². The molecule has 158 valence electrons. The summed E-state index contributed by atoms with van der Waals surface area (Å²) >= 11 is 0. The molecule has 1 amide bonds. The summed E-state index contributed by atoms with van der Waals surface area (Å²) in [5.41, 5.74) is 7.17. The molecular weight excluding hydrogens is 374 g/mol. The van der Waals surface area contributed by atoms with Crippen LogP contribution in [0.4, 0.5) is 0 Å². The van der Waals surface area contributed by atoms with Gasteiger partial charge in [-0.15, -0.1) is 0 Å². The van der Waals surface area contributed by atoms with Gasteiger partial charge in [0.1, 0.15) is 12.4 Å². The van der Waals surface area contributed by atoms with Crippen molar-refractivity contribution in [2.24, 2.45) is 0 Å². The number of aromatic nitrogens is 2. The Kier molecular flexibility index (Phi) is 6.60. The van der Waals surface area contributed by atoms with E-state index in [0.717, 1.165) is 40.4 Å². The zero-order valence-corrected chi connectivity index (χ0v) is 18.8. The van der Waals surface area contributed by atoms with Crippen LogP contribution in [0.3, 0.4) is 0 Å². The molecule has 0 fully saturated rings. The first-order valence-corrected chi connectivity index (χ1v) is 10.4. The van der Waals surface area contributed by atoms with Gasteiger partial charge in [-0.1, -0.05) is 29.8 Å². The summed E-state index contributed by atoms with van der Waals surface area (Å²) in [6, 6.07) is 13.8. The van der Waals surface area contributed by atoms with Gasteiger partial charge in [-0.05, 0) is 63.9 Å². The second kappa shape index (κ2) is 9.16. The lowest BCUT2D eigenvalue weighted by Crippen LogP contribution is -2.26. The molecule has 0 N–H and O–H groups in total. The predicted octanol–water partition coefficient (Wildman–Crippen LogP) is 4.99. The number of aryl methyl sites for hydroxylation is 4. The van der Waals surface area contributed by atoms with Crippen LogP contribution in [-0.2, 0) is 19.7 Å². The molecule has 0 radical (unpaired) electrons. The number of rotatable bonds is 7. The van der Waals surface area contributed by atoms with Crippen molar-refractivity contribution in [1.29, 1.82) is 0 Å². The van der Waals surface area contributed by atoms with Gasteiger partial charge in [0.15, 0.2) is 0 Å². The van der Waals surface area contributed by atoms with Crippen LogP contribution >= 0.6 is 0 Å². The van der Waals surface area contributed by atoms with Crippen LogP contribution in [0.15, 0.2) is 42.5 Å². The van der Waals surface area contributed by atoms with Gasteiger partial charge in [-0.2, -0.15) is 5.10 Å². The number of carbonyl (C=O) groups is 1. The molecule has 1 heterocycles.